The van der Waals surface area contributed by atoms with E-state index in [0.29, 0.717) is 18.3 Å². The van der Waals surface area contributed by atoms with E-state index in [1.807, 2.05) is 13.0 Å². The van der Waals surface area contributed by atoms with Crippen molar-refractivity contribution in [3.63, 3.8) is 0 Å². The molecule has 0 spiro atoms. The Hall–Kier alpha value is -1.36. The molecule has 1 aliphatic heterocycles. The Kier molecular flexibility index (Phi) is 3.34. The first-order chi connectivity index (χ1) is 7.34. The van der Waals surface area contributed by atoms with Crippen LogP contribution in [0.2, 0.25) is 0 Å². The minimum atomic E-state index is 0.263. The molecule has 2 heterocycles. The summed E-state index contributed by atoms with van der Waals surface area (Å²) in [6, 6.07) is 0. The lowest BCUT2D eigenvalue weighted by Crippen LogP contribution is -2.28. The van der Waals surface area contributed by atoms with Crippen molar-refractivity contribution in [3.05, 3.63) is 24.1 Å². The second-order valence-corrected chi connectivity index (χ2v) is 3.57. The van der Waals surface area contributed by atoms with Gasteiger partial charge in [0.1, 0.15) is 6.10 Å². The van der Waals surface area contributed by atoms with Gasteiger partial charge < -0.3 is 14.6 Å². The van der Waals surface area contributed by atoms with E-state index in [-0.39, 0.29) is 6.10 Å². The summed E-state index contributed by atoms with van der Waals surface area (Å²) >= 11 is 0. The summed E-state index contributed by atoms with van der Waals surface area (Å²) in [7, 11) is 0. The highest BCUT2D eigenvalue weighted by Gasteiger charge is 2.10. The molecule has 5 nitrogen and oxygen atoms in total. The molecule has 1 aliphatic rings. The number of hydrogen-bond acceptors (Lipinski definition) is 5. The highest BCUT2D eigenvalue weighted by Crippen LogP contribution is 2.09. The van der Waals surface area contributed by atoms with Gasteiger partial charge in [-0.15, -0.1) is 0 Å². The van der Waals surface area contributed by atoms with Crippen LogP contribution >= 0.6 is 0 Å². The third kappa shape index (κ3) is 3.06. The first kappa shape index (κ1) is 10.2. The molecule has 0 bridgehead atoms. The SMILES string of the molecule is Cc1noc(CNCC2CCC=CO2)n1. The van der Waals surface area contributed by atoms with Crippen LogP contribution in [0.3, 0.4) is 0 Å². The van der Waals surface area contributed by atoms with Crippen molar-refractivity contribution < 1.29 is 9.26 Å². The number of rotatable bonds is 4. The normalized spacial score (nSPS) is 20.2. The van der Waals surface area contributed by atoms with E-state index in [4.69, 9.17) is 9.26 Å². The van der Waals surface area contributed by atoms with E-state index >= 15 is 0 Å². The molecule has 0 aliphatic carbocycles. The van der Waals surface area contributed by atoms with E-state index in [1.165, 1.54) is 0 Å². The lowest BCUT2D eigenvalue weighted by molar-refractivity contribution is 0.121. The highest BCUT2D eigenvalue weighted by molar-refractivity contribution is 4.85. The standard InChI is InChI=1S/C10H15N3O2/c1-8-12-10(15-13-8)7-11-6-9-4-2-3-5-14-9/h3,5,9,11H,2,4,6-7H2,1H3. The Bertz CT molecular complexity index is 335. The maximum absolute atomic E-state index is 5.41. The molecule has 1 N–H and O–H groups in total. The molecule has 0 saturated carbocycles. The molecule has 0 radical (unpaired) electrons. The predicted molar refractivity (Wildman–Crippen MR) is 54.0 cm³/mol. The summed E-state index contributed by atoms with van der Waals surface area (Å²) in [4.78, 5) is 4.10. The van der Waals surface area contributed by atoms with Gasteiger partial charge in [0.15, 0.2) is 5.82 Å². The van der Waals surface area contributed by atoms with Crippen LogP contribution < -0.4 is 5.32 Å². The van der Waals surface area contributed by atoms with E-state index < -0.39 is 0 Å². The van der Waals surface area contributed by atoms with Gasteiger partial charge in [-0.2, -0.15) is 4.98 Å². The lowest BCUT2D eigenvalue weighted by Gasteiger charge is -2.19. The van der Waals surface area contributed by atoms with E-state index in [9.17, 15) is 0 Å². The third-order valence-corrected chi connectivity index (χ3v) is 2.24. The Morgan fingerprint density at radius 1 is 1.60 bits per heavy atom. The average molecular weight is 209 g/mol. The summed E-state index contributed by atoms with van der Waals surface area (Å²) in [5.74, 6) is 1.29. The van der Waals surface area contributed by atoms with Crippen molar-refractivity contribution in [1.82, 2.24) is 15.5 Å². The zero-order chi connectivity index (χ0) is 10.5. The maximum atomic E-state index is 5.41. The van der Waals surface area contributed by atoms with Gasteiger partial charge in [0, 0.05) is 6.54 Å². The molecular formula is C10H15N3O2. The fraction of sp³-hybridized carbons (Fsp3) is 0.600. The lowest BCUT2D eigenvalue weighted by atomic mass is 10.1. The average Bonchev–Trinajstić information content (AvgIpc) is 2.66. The Morgan fingerprint density at radius 2 is 2.53 bits per heavy atom. The first-order valence-electron chi connectivity index (χ1n) is 5.15. The summed E-state index contributed by atoms with van der Waals surface area (Å²) in [6.07, 6.45) is 6.22. The number of aryl methyl sites for hydroxylation is 1. The van der Waals surface area contributed by atoms with Crippen LogP contribution in [0.15, 0.2) is 16.9 Å². The zero-order valence-corrected chi connectivity index (χ0v) is 8.77. The van der Waals surface area contributed by atoms with Gasteiger partial charge in [-0.3, -0.25) is 0 Å². The summed E-state index contributed by atoms with van der Waals surface area (Å²) in [5.41, 5.74) is 0. The van der Waals surface area contributed by atoms with Crippen molar-refractivity contribution in [3.8, 4) is 0 Å². The second-order valence-electron chi connectivity index (χ2n) is 3.57. The highest BCUT2D eigenvalue weighted by atomic mass is 16.5. The van der Waals surface area contributed by atoms with Crippen LogP contribution in [-0.4, -0.2) is 22.8 Å². The van der Waals surface area contributed by atoms with Gasteiger partial charge in [0.05, 0.1) is 12.8 Å². The molecule has 1 aromatic heterocycles. The molecule has 0 aromatic carbocycles. The Morgan fingerprint density at radius 3 is 3.20 bits per heavy atom. The molecule has 0 saturated heterocycles. The minimum Gasteiger partial charge on any atom is -0.497 e. The summed E-state index contributed by atoms with van der Waals surface area (Å²) in [5, 5.41) is 6.94. The van der Waals surface area contributed by atoms with Crippen LogP contribution in [0.5, 0.6) is 0 Å². The molecular weight excluding hydrogens is 194 g/mol. The van der Waals surface area contributed by atoms with E-state index in [0.717, 1.165) is 19.4 Å². The van der Waals surface area contributed by atoms with Gasteiger partial charge in [-0.05, 0) is 25.8 Å². The Balaban J connectivity index is 1.68. The topological polar surface area (TPSA) is 60.2 Å². The molecule has 15 heavy (non-hydrogen) atoms. The maximum Gasteiger partial charge on any atom is 0.240 e. The van der Waals surface area contributed by atoms with Crippen LogP contribution in [0.25, 0.3) is 0 Å². The van der Waals surface area contributed by atoms with Crippen molar-refractivity contribution in [2.75, 3.05) is 6.54 Å². The molecule has 0 fully saturated rings. The van der Waals surface area contributed by atoms with Crippen molar-refractivity contribution in [2.45, 2.75) is 32.4 Å². The number of nitrogens with one attached hydrogen (secondary N) is 1. The van der Waals surface area contributed by atoms with Gasteiger partial charge in [0.2, 0.25) is 5.89 Å². The first-order valence-corrected chi connectivity index (χ1v) is 5.15. The summed E-state index contributed by atoms with van der Waals surface area (Å²) < 4.78 is 10.4. The number of nitrogens with zero attached hydrogens (tertiary/aromatic N) is 2. The van der Waals surface area contributed by atoms with Crippen molar-refractivity contribution in [1.29, 1.82) is 0 Å². The number of allylic oxidation sites excluding steroid dienone is 1. The molecule has 82 valence electrons. The number of hydrogen-bond donors (Lipinski definition) is 1. The number of ether oxygens (including phenoxy) is 1. The van der Waals surface area contributed by atoms with Gasteiger partial charge in [0.25, 0.3) is 0 Å². The van der Waals surface area contributed by atoms with Gasteiger partial charge >= 0.3 is 0 Å². The third-order valence-electron chi connectivity index (χ3n) is 2.24. The van der Waals surface area contributed by atoms with Gasteiger partial charge in [-0.1, -0.05) is 5.16 Å². The van der Waals surface area contributed by atoms with Crippen LogP contribution in [0, 0.1) is 6.92 Å². The Labute approximate surface area is 88.5 Å². The van der Waals surface area contributed by atoms with Crippen LogP contribution in [0.1, 0.15) is 24.6 Å². The molecule has 0 amide bonds. The second kappa shape index (κ2) is 4.93. The van der Waals surface area contributed by atoms with E-state index in [2.05, 4.69) is 15.5 Å². The number of aromatic nitrogens is 2. The van der Waals surface area contributed by atoms with Gasteiger partial charge in [-0.25, -0.2) is 0 Å². The molecule has 1 aromatic rings. The smallest absolute Gasteiger partial charge is 0.240 e. The fourth-order valence-corrected chi connectivity index (χ4v) is 1.49. The molecule has 1 unspecified atom stereocenters. The van der Waals surface area contributed by atoms with E-state index in [1.54, 1.807) is 6.26 Å². The largest absolute Gasteiger partial charge is 0.497 e. The van der Waals surface area contributed by atoms with Crippen molar-refractivity contribution >= 4 is 0 Å². The predicted octanol–water partition coefficient (Wildman–Crippen LogP) is 1.16. The minimum absolute atomic E-state index is 0.263. The van der Waals surface area contributed by atoms with Crippen LogP contribution in [0.4, 0.5) is 0 Å². The molecule has 5 heteroatoms. The quantitative estimate of drug-likeness (QED) is 0.806. The van der Waals surface area contributed by atoms with Crippen LogP contribution in [-0.2, 0) is 11.3 Å². The molecule has 1 atom stereocenters. The zero-order valence-electron chi connectivity index (χ0n) is 8.77. The van der Waals surface area contributed by atoms with Crippen molar-refractivity contribution in [2.24, 2.45) is 0 Å². The monoisotopic (exact) mass is 209 g/mol. The summed E-state index contributed by atoms with van der Waals surface area (Å²) in [6.45, 7) is 3.22. The molecule has 2 rings (SSSR count). The fourth-order valence-electron chi connectivity index (χ4n) is 1.49.